The van der Waals surface area contributed by atoms with Crippen molar-refractivity contribution in [3.8, 4) is 5.75 Å². The first-order valence-electron chi connectivity index (χ1n) is 11.0. The smallest absolute Gasteiger partial charge is 0.200 e. The summed E-state index contributed by atoms with van der Waals surface area (Å²) in [5, 5.41) is 0. The number of halogens is 3. The molecular weight excluding hydrogens is 381 g/mol. The van der Waals surface area contributed by atoms with Gasteiger partial charge in [0, 0.05) is 0 Å². The Hall–Kier alpha value is -1.27. The van der Waals surface area contributed by atoms with Crippen LogP contribution in [-0.2, 0) is 9.47 Å². The van der Waals surface area contributed by atoms with Crippen LogP contribution in [-0.4, -0.2) is 31.8 Å². The lowest BCUT2D eigenvalue weighted by molar-refractivity contribution is -0.237. The maximum atomic E-state index is 14.5. The van der Waals surface area contributed by atoms with Crippen molar-refractivity contribution < 1.29 is 27.4 Å². The van der Waals surface area contributed by atoms with E-state index in [-0.39, 0.29) is 31.2 Å². The zero-order chi connectivity index (χ0) is 20.9. The summed E-state index contributed by atoms with van der Waals surface area (Å²) in [6.07, 6.45) is 6.22. The average molecular weight is 415 g/mol. The molecule has 1 saturated carbocycles. The van der Waals surface area contributed by atoms with E-state index >= 15 is 0 Å². The molecule has 1 heterocycles. The molecule has 1 aromatic carbocycles. The third-order valence-corrected chi connectivity index (χ3v) is 6.23. The fourth-order valence-corrected chi connectivity index (χ4v) is 4.60. The molecule has 1 aromatic rings. The zero-order valence-corrected chi connectivity index (χ0v) is 17.5. The van der Waals surface area contributed by atoms with Crippen LogP contribution in [0, 0.1) is 17.6 Å². The van der Waals surface area contributed by atoms with Gasteiger partial charge in [0.15, 0.2) is 23.5 Å². The predicted molar refractivity (Wildman–Crippen MR) is 106 cm³/mol. The van der Waals surface area contributed by atoms with E-state index in [2.05, 4.69) is 0 Å². The lowest BCUT2D eigenvalue weighted by Crippen LogP contribution is -2.44. The summed E-state index contributed by atoms with van der Waals surface area (Å²) in [5.41, 5.74) is -0.890. The van der Waals surface area contributed by atoms with Gasteiger partial charge in [0.05, 0.1) is 19.8 Å². The lowest BCUT2D eigenvalue weighted by atomic mass is 9.77. The first kappa shape index (κ1) is 22.4. The largest absolute Gasteiger partial charge is 0.491 e. The second-order valence-corrected chi connectivity index (χ2v) is 8.46. The van der Waals surface area contributed by atoms with E-state index in [0.717, 1.165) is 44.9 Å². The number of rotatable bonds is 8. The van der Waals surface area contributed by atoms with Gasteiger partial charge in [-0.15, -0.1) is 0 Å². The minimum Gasteiger partial charge on any atom is -0.491 e. The molecule has 1 saturated heterocycles. The highest BCUT2D eigenvalue weighted by molar-refractivity contribution is 5.33. The molecule has 1 aliphatic carbocycles. The molecule has 0 amide bonds. The number of hydrogen-bond acceptors (Lipinski definition) is 3. The fraction of sp³-hybridized carbons (Fsp3) is 0.739. The Kier molecular flexibility index (Phi) is 7.85. The van der Waals surface area contributed by atoms with Crippen LogP contribution in [0.3, 0.4) is 0 Å². The first-order chi connectivity index (χ1) is 14.0. The lowest BCUT2D eigenvalue weighted by Gasteiger charge is -2.35. The van der Waals surface area contributed by atoms with Crippen molar-refractivity contribution in [1.82, 2.24) is 0 Å². The molecule has 0 radical (unpaired) electrons. The van der Waals surface area contributed by atoms with Crippen molar-refractivity contribution in [1.29, 1.82) is 0 Å². The monoisotopic (exact) mass is 414 g/mol. The molecule has 164 valence electrons. The van der Waals surface area contributed by atoms with Gasteiger partial charge in [-0.1, -0.05) is 19.4 Å². The average Bonchev–Trinajstić information content (AvgIpc) is 2.72. The van der Waals surface area contributed by atoms with Crippen LogP contribution in [0.2, 0.25) is 0 Å². The summed E-state index contributed by atoms with van der Waals surface area (Å²) in [7, 11) is 0. The van der Waals surface area contributed by atoms with Gasteiger partial charge in [-0.05, 0) is 75.3 Å². The summed E-state index contributed by atoms with van der Waals surface area (Å²) in [5.74, 6) is -1.12. The molecule has 2 fully saturated rings. The number of alkyl halides is 1. The maximum absolute atomic E-state index is 14.5. The van der Waals surface area contributed by atoms with Crippen LogP contribution in [0.4, 0.5) is 13.2 Å². The van der Waals surface area contributed by atoms with Gasteiger partial charge < -0.3 is 14.2 Å². The Morgan fingerprint density at radius 2 is 1.69 bits per heavy atom. The molecule has 0 spiro atoms. The maximum Gasteiger partial charge on any atom is 0.200 e. The summed E-state index contributed by atoms with van der Waals surface area (Å²) >= 11 is 0. The summed E-state index contributed by atoms with van der Waals surface area (Å²) in [6, 6.07) is 3.20. The van der Waals surface area contributed by atoms with Gasteiger partial charge in [-0.25, -0.2) is 8.78 Å². The first-order valence-corrected chi connectivity index (χ1v) is 11.0. The van der Waals surface area contributed by atoms with Crippen LogP contribution in [0.5, 0.6) is 5.75 Å². The summed E-state index contributed by atoms with van der Waals surface area (Å²) in [6.45, 7) is 4.23. The second kappa shape index (κ2) is 10.2. The Morgan fingerprint density at radius 3 is 2.31 bits per heavy atom. The quantitative estimate of drug-likeness (QED) is 0.500. The zero-order valence-electron chi connectivity index (χ0n) is 17.5. The Bertz CT molecular complexity index is 651. The summed E-state index contributed by atoms with van der Waals surface area (Å²) < 4.78 is 59.3. The molecule has 0 aromatic heterocycles. The van der Waals surface area contributed by atoms with E-state index in [4.69, 9.17) is 14.2 Å². The van der Waals surface area contributed by atoms with Crippen molar-refractivity contribution in [3.05, 3.63) is 29.3 Å². The van der Waals surface area contributed by atoms with E-state index in [9.17, 15) is 13.2 Å². The number of ether oxygens (including phenoxy) is 3. The molecule has 0 atom stereocenters. The van der Waals surface area contributed by atoms with Gasteiger partial charge >= 0.3 is 0 Å². The molecule has 2 aliphatic rings. The van der Waals surface area contributed by atoms with E-state index in [1.165, 1.54) is 6.07 Å². The van der Waals surface area contributed by atoms with Crippen molar-refractivity contribution >= 4 is 0 Å². The molecule has 0 unspecified atom stereocenters. The van der Waals surface area contributed by atoms with Crippen molar-refractivity contribution in [3.63, 3.8) is 0 Å². The third kappa shape index (κ3) is 5.66. The molecule has 3 rings (SSSR count). The van der Waals surface area contributed by atoms with Crippen molar-refractivity contribution in [2.24, 2.45) is 5.92 Å². The highest BCUT2D eigenvalue weighted by atomic mass is 19.2. The van der Waals surface area contributed by atoms with Crippen molar-refractivity contribution in [2.75, 3.05) is 19.8 Å². The van der Waals surface area contributed by atoms with Crippen LogP contribution < -0.4 is 4.74 Å². The molecule has 3 nitrogen and oxygen atoms in total. The Balaban J connectivity index is 1.44. The highest BCUT2D eigenvalue weighted by Crippen LogP contribution is 2.40. The molecule has 29 heavy (non-hydrogen) atoms. The molecule has 0 bridgehead atoms. The second-order valence-electron chi connectivity index (χ2n) is 8.46. The Labute approximate surface area is 171 Å². The Morgan fingerprint density at radius 1 is 1.00 bits per heavy atom. The van der Waals surface area contributed by atoms with Crippen LogP contribution >= 0.6 is 0 Å². The van der Waals surface area contributed by atoms with Crippen LogP contribution in [0.25, 0.3) is 0 Å². The number of hydrogen-bond donors (Lipinski definition) is 0. The van der Waals surface area contributed by atoms with Crippen LogP contribution in [0.1, 0.15) is 76.7 Å². The van der Waals surface area contributed by atoms with E-state index in [1.807, 2.05) is 6.92 Å². The predicted octanol–water partition coefficient (Wildman–Crippen LogP) is 6.30. The van der Waals surface area contributed by atoms with Gasteiger partial charge in [0.1, 0.15) is 0 Å². The third-order valence-electron chi connectivity index (χ3n) is 6.23. The normalized spacial score (nSPS) is 30.3. The van der Waals surface area contributed by atoms with E-state index in [1.54, 1.807) is 13.0 Å². The minimum absolute atomic E-state index is 0.0221. The molecule has 0 N–H and O–H groups in total. The highest BCUT2D eigenvalue weighted by Gasteiger charge is 2.36. The minimum atomic E-state index is -1.35. The van der Waals surface area contributed by atoms with E-state index < -0.39 is 17.3 Å². The topological polar surface area (TPSA) is 27.7 Å². The van der Waals surface area contributed by atoms with Crippen molar-refractivity contribution in [2.45, 2.75) is 83.1 Å². The molecule has 1 aliphatic heterocycles. The van der Waals surface area contributed by atoms with Gasteiger partial charge in [0.2, 0.25) is 5.82 Å². The number of benzene rings is 1. The SMILES string of the molecule is CCCC1(F)COC(CCC2CCC(c3ccc(OCC)c(F)c3F)CC2)OC1. The van der Waals surface area contributed by atoms with E-state index in [0.29, 0.717) is 24.5 Å². The standard InChI is InChI=1S/C23H33F3O3/c1-3-13-23(26)14-28-20(29-15-23)12-7-16-5-8-17(9-6-16)18-10-11-19(27-4-2)22(25)21(18)24/h10-11,16-17,20H,3-9,12-15H2,1-2H3. The summed E-state index contributed by atoms with van der Waals surface area (Å²) in [4.78, 5) is 0. The van der Waals surface area contributed by atoms with Crippen LogP contribution in [0.15, 0.2) is 12.1 Å². The molecule has 6 heteroatoms. The molecular formula is C23H33F3O3. The van der Waals surface area contributed by atoms with Gasteiger partial charge in [-0.3, -0.25) is 0 Å². The van der Waals surface area contributed by atoms with Gasteiger partial charge in [-0.2, -0.15) is 4.39 Å². The van der Waals surface area contributed by atoms with Gasteiger partial charge in [0.25, 0.3) is 0 Å². The fourth-order valence-electron chi connectivity index (χ4n) is 4.60.